The van der Waals surface area contributed by atoms with E-state index in [0.29, 0.717) is 22.1 Å². The number of cyclic esters (lactones) is 1. The normalized spacial score (nSPS) is 15.2. The Bertz CT molecular complexity index is 659. The lowest BCUT2D eigenvalue weighted by atomic mass is 10.1. The second-order valence-corrected chi connectivity index (χ2v) is 4.43. The molecular weight excluding hydrogens is 264 g/mol. The Hall–Kier alpha value is -2.26. The van der Waals surface area contributed by atoms with Crippen molar-refractivity contribution >= 4 is 23.3 Å². The highest BCUT2D eigenvalue weighted by atomic mass is 35.5. The minimum atomic E-state index is -0.360. The zero-order valence-corrected chi connectivity index (χ0v) is 10.6. The van der Waals surface area contributed by atoms with E-state index in [1.807, 2.05) is 12.1 Å². The van der Waals surface area contributed by atoms with Crippen LogP contribution >= 0.6 is 11.6 Å². The van der Waals surface area contributed by atoms with E-state index >= 15 is 0 Å². The van der Waals surface area contributed by atoms with Gasteiger partial charge in [0.05, 0.1) is 5.56 Å². The third-order valence-electron chi connectivity index (χ3n) is 2.73. The molecule has 0 saturated heterocycles. The molecule has 3 nitrogen and oxygen atoms in total. The lowest BCUT2D eigenvalue weighted by Crippen LogP contribution is -1.92. The van der Waals surface area contributed by atoms with Crippen LogP contribution in [0.4, 0.5) is 0 Å². The number of hydrogen-bond acceptors (Lipinski definition) is 3. The van der Waals surface area contributed by atoms with Crippen molar-refractivity contribution in [2.24, 2.45) is 0 Å². The van der Waals surface area contributed by atoms with Gasteiger partial charge >= 0.3 is 5.97 Å². The minimum Gasteiger partial charge on any atom is -0.461 e. The molecule has 0 bridgehead atoms. The fraction of sp³-hybridized carbons (Fsp3) is 0. The number of hydrogen-bond donors (Lipinski definition) is 0. The van der Waals surface area contributed by atoms with Crippen molar-refractivity contribution in [3.63, 3.8) is 0 Å². The highest BCUT2D eigenvalue weighted by molar-refractivity contribution is 6.30. The monoisotopic (exact) mass is 272 g/mol. The molecular formula is C15H9ClO3. The van der Waals surface area contributed by atoms with Crippen molar-refractivity contribution in [3.05, 3.63) is 70.9 Å². The number of carbonyl (C=O) groups is 1. The van der Waals surface area contributed by atoms with Crippen molar-refractivity contribution in [2.45, 2.75) is 0 Å². The van der Waals surface area contributed by atoms with Crippen LogP contribution in [0.15, 0.2) is 54.8 Å². The first kappa shape index (κ1) is 11.8. The van der Waals surface area contributed by atoms with Crippen molar-refractivity contribution < 1.29 is 14.3 Å². The van der Waals surface area contributed by atoms with Crippen LogP contribution in [0.3, 0.4) is 0 Å². The lowest BCUT2D eigenvalue weighted by molar-refractivity contribution is 0.0712. The maximum Gasteiger partial charge on any atom is 0.344 e. The Labute approximate surface area is 115 Å². The Morgan fingerprint density at radius 1 is 1.00 bits per heavy atom. The number of fused-ring (bicyclic) bond motifs is 1. The third kappa shape index (κ3) is 2.33. The van der Waals surface area contributed by atoms with Crippen LogP contribution < -0.4 is 4.74 Å². The van der Waals surface area contributed by atoms with Crippen LogP contribution in [0.25, 0.3) is 5.76 Å². The van der Waals surface area contributed by atoms with E-state index < -0.39 is 0 Å². The van der Waals surface area contributed by atoms with Crippen LogP contribution in [0, 0.1) is 0 Å². The highest BCUT2D eigenvalue weighted by Crippen LogP contribution is 2.29. The second-order valence-electron chi connectivity index (χ2n) is 3.99. The molecule has 0 unspecified atom stereocenters. The van der Waals surface area contributed by atoms with Crippen molar-refractivity contribution in [1.29, 1.82) is 0 Å². The van der Waals surface area contributed by atoms with Gasteiger partial charge in [-0.1, -0.05) is 29.8 Å². The Morgan fingerprint density at radius 2 is 1.68 bits per heavy atom. The van der Waals surface area contributed by atoms with Gasteiger partial charge in [-0.2, -0.15) is 0 Å². The predicted molar refractivity (Wildman–Crippen MR) is 71.9 cm³/mol. The summed E-state index contributed by atoms with van der Waals surface area (Å²) in [6, 6.07) is 14.1. The number of carbonyl (C=O) groups excluding carboxylic acids is 1. The minimum absolute atomic E-state index is 0.360. The van der Waals surface area contributed by atoms with Crippen molar-refractivity contribution in [2.75, 3.05) is 0 Å². The molecule has 0 amide bonds. The molecule has 0 atom stereocenters. The van der Waals surface area contributed by atoms with Gasteiger partial charge in [-0.05, 0) is 30.3 Å². The summed E-state index contributed by atoms with van der Waals surface area (Å²) in [7, 11) is 0. The van der Waals surface area contributed by atoms with Gasteiger partial charge < -0.3 is 9.47 Å². The molecule has 0 fully saturated rings. The van der Waals surface area contributed by atoms with Crippen LogP contribution in [-0.2, 0) is 4.74 Å². The Balaban J connectivity index is 1.86. The van der Waals surface area contributed by atoms with E-state index in [9.17, 15) is 4.79 Å². The van der Waals surface area contributed by atoms with E-state index in [-0.39, 0.29) is 5.97 Å². The fourth-order valence-electron chi connectivity index (χ4n) is 1.81. The summed E-state index contributed by atoms with van der Waals surface area (Å²) < 4.78 is 10.6. The van der Waals surface area contributed by atoms with E-state index in [2.05, 4.69) is 0 Å². The third-order valence-corrected chi connectivity index (χ3v) is 2.98. The maximum atomic E-state index is 11.6. The SMILES string of the molecule is O=C1OC(=COc2ccc(Cl)cc2)c2ccccc21. The summed E-state index contributed by atoms with van der Waals surface area (Å²) in [5, 5.41) is 0.637. The second kappa shape index (κ2) is 4.78. The molecule has 0 radical (unpaired) electrons. The molecule has 4 heteroatoms. The topological polar surface area (TPSA) is 35.5 Å². The lowest BCUT2D eigenvalue weighted by Gasteiger charge is -2.02. The summed E-state index contributed by atoms with van der Waals surface area (Å²) in [5.41, 5.74) is 1.29. The Kier molecular flexibility index (Phi) is 2.97. The van der Waals surface area contributed by atoms with Gasteiger partial charge in [-0.3, -0.25) is 0 Å². The van der Waals surface area contributed by atoms with Gasteiger partial charge in [-0.25, -0.2) is 4.79 Å². The molecule has 0 saturated carbocycles. The van der Waals surface area contributed by atoms with E-state index in [4.69, 9.17) is 21.1 Å². The first-order valence-corrected chi connectivity index (χ1v) is 6.06. The van der Waals surface area contributed by atoms with Crippen molar-refractivity contribution in [1.82, 2.24) is 0 Å². The summed E-state index contributed by atoms with van der Waals surface area (Å²) in [5.74, 6) is 0.675. The van der Waals surface area contributed by atoms with Gasteiger partial charge in [0.15, 0.2) is 5.76 Å². The quantitative estimate of drug-likeness (QED) is 0.615. The van der Waals surface area contributed by atoms with E-state index in [1.165, 1.54) is 6.26 Å². The van der Waals surface area contributed by atoms with Crippen LogP contribution in [0.1, 0.15) is 15.9 Å². The number of esters is 1. The maximum absolute atomic E-state index is 11.6. The summed E-state index contributed by atoms with van der Waals surface area (Å²) in [4.78, 5) is 11.6. The number of halogens is 1. The summed E-state index contributed by atoms with van der Waals surface area (Å²) >= 11 is 5.78. The molecule has 94 valence electrons. The average molecular weight is 273 g/mol. The van der Waals surface area contributed by atoms with Gasteiger partial charge in [0.25, 0.3) is 0 Å². The smallest absolute Gasteiger partial charge is 0.344 e. The molecule has 1 aliphatic rings. The molecule has 0 aliphatic carbocycles. The van der Waals surface area contributed by atoms with Gasteiger partial charge in [0.2, 0.25) is 0 Å². The highest BCUT2D eigenvalue weighted by Gasteiger charge is 2.25. The van der Waals surface area contributed by atoms with Crippen LogP contribution in [-0.4, -0.2) is 5.97 Å². The molecule has 0 aromatic heterocycles. The largest absolute Gasteiger partial charge is 0.461 e. The fourth-order valence-corrected chi connectivity index (χ4v) is 1.93. The van der Waals surface area contributed by atoms with Gasteiger partial charge in [-0.15, -0.1) is 0 Å². The van der Waals surface area contributed by atoms with Crippen LogP contribution in [0.2, 0.25) is 5.02 Å². The first-order chi connectivity index (χ1) is 9.24. The molecule has 0 N–H and O–H groups in total. The number of ether oxygens (including phenoxy) is 2. The van der Waals surface area contributed by atoms with Gasteiger partial charge in [0.1, 0.15) is 12.0 Å². The molecule has 1 aliphatic heterocycles. The number of benzene rings is 2. The van der Waals surface area contributed by atoms with E-state index in [1.54, 1.807) is 36.4 Å². The molecule has 3 rings (SSSR count). The molecule has 0 spiro atoms. The molecule has 1 heterocycles. The molecule has 2 aromatic carbocycles. The molecule has 19 heavy (non-hydrogen) atoms. The molecule has 2 aromatic rings. The first-order valence-electron chi connectivity index (χ1n) is 5.68. The average Bonchev–Trinajstić information content (AvgIpc) is 2.76. The Morgan fingerprint density at radius 3 is 2.42 bits per heavy atom. The van der Waals surface area contributed by atoms with Gasteiger partial charge in [0, 0.05) is 10.6 Å². The van der Waals surface area contributed by atoms with Crippen LogP contribution in [0.5, 0.6) is 5.75 Å². The summed E-state index contributed by atoms with van der Waals surface area (Å²) in [6.45, 7) is 0. The number of rotatable bonds is 2. The zero-order chi connectivity index (χ0) is 13.2. The van der Waals surface area contributed by atoms with Crippen molar-refractivity contribution in [3.8, 4) is 5.75 Å². The standard InChI is InChI=1S/C15H9ClO3/c16-10-5-7-11(8-6-10)18-9-14-12-3-1-2-4-13(12)15(17)19-14/h1-9H. The summed E-state index contributed by atoms with van der Waals surface area (Å²) in [6.07, 6.45) is 1.42. The zero-order valence-electron chi connectivity index (χ0n) is 9.80. The predicted octanol–water partition coefficient (Wildman–Crippen LogP) is 3.89. The van der Waals surface area contributed by atoms with E-state index in [0.717, 1.165) is 5.56 Å².